The average molecular weight is 729 g/mol. The molecule has 10 aromatic rings. The van der Waals surface area contributed by atoms with E-state index in [1.54, 1.807) is 0 Å². The molecule has 270 valence electrons. The summed E-state index contributed by atoms with van der Waals surface area (Å²) >= 11 is 0. The van der Waals surface area contributed by atoms with Crippen LogP contribution in [0.15, 0.2) is 206 Å². The van der Waals surface area contributed by atoms with Crippen molar-refractivity contribution in [2.75, 3.05) is 4.90 Å². The first kappa shape index (κ1) is 33.2. The maximum atomic E-state index is 2.50. The minimum Gasteiger partial charge on any atom is -0.309 e. The summed E-state index contributed by atoms with van der Waals surface area (Å²) in [5, 5.41) is 4.97. The van der Waals surface area contributed by atoms with Crippen LogP contribution in [0.5, 0.6) is 0 Å². The van der Waals surface area contributed by atoms with Crippen molar-refractivity contribution in [2.45, 2.75) is 19.3 Å². The molecular formula is C55H40N2. The first-order valence-corrected chi connectivity index (χ1v) is 19.9. The van der Waals surface area contributed by atoms with Crippen LogP contribution in [0.3, 0.4) is 0 Å². The highest BCUT2D eigenvalue weighted by Crippen LogP contribution is 2.54. The highest BCUT2D eigenvalue weighted by molar-refractivity contribution is 6.09. The number of nitrogens with zero attached hydrogens (tertiary/aromatic N) is 2. The minimum atomic E-state index is -0.103. The smallest absolute Gasteiger partial charge is 0.0541 e. The number of hydrogen-bond donors (Lipinski definition) is 0. The number of benzene rings is 9. The van der Waals surface area contributed by atoms with Crippen molar-refractivity contribution in [3.05, 3.63) is 217 Å². The molecule has 0 saturated carbocycles. The molecule has 0 bridgehead atoms. The van der Waals surface area contributed by atoms with Gasteiger partial charge in [0.05, 0.1) is 22.4 Å². The van der Waals surface area contributed by atoms with Crippen LogP contribution in [0, 0.1) is 0 Å². The fraction of sp³-hybridized carbons (Fsp3) is 0.0545. The molecule has 0 radical (unpaired) electrons. The lowest BCUT2D eigenvalue weighted by Crippen LogP contribution is -2.15. The van der Waals surface area contributed by atoms with E-state index < -0.39 is 0 Å². The molecule has 0 amide bonds. The third-order valence-corrected chi connectivity index (χ3v) is 12.2. The Balaban J connectivity index is 1.20. The molecule has 1 heterocycles. The second kappa shape index (κ2) is 13.0. The van der Waals surface area contributed by atoms with Crippen molar-refractivity contribution in [1.82, 2.24) is 4.57 Å². The molecule has 0 fully saturated rings. The quantitative estimate of drug-likeness (QED) is 0.165. The Bertz CT molecular complexity index is 3120. The van der Waals surface area contributed by atoms with Crippen molar-refractivity contribution in [1.29, 1.82) is 0 Å². The third kappa shape index (κ3) is 5.11. The van der Waals surface area contributed by atoms with Crippen LogP contribution in [-0.4, -0.2) is 4.57 Å². The zero-order chi connectivity index (χ0) is 38.1. The molecule has 57 heavy (non-hydrogen) atoms. The molecule has 0 aliphatic heterocycles. The van der Waals surface area contributed by atoms with Crippen LogP contribution in [0.1, 0.15) is 25.0 Å². The van der Waals surface area contributed by atoms with Gasteiger partial charge in [0.1, 0.15) is 0 Å². The van der Waals surface area contributed by atoms with E-state index in [0.29, 0.717) is 0 Å². The summed E-state index contributed by atoms with van der Waals surface area (Å²) in [6, 6.07) is 75.7. The Morgan fingerprint density at radius 1 is 0.386 bits per heavy atom. The van der Waals surface area contributed by atoms with E-state index in [0.717, 1.165) is 22.7 Å². The number of hydrogen-bond acceptors (Lipinski definition) is 1. The van der Waals surface area contributed by atoms with E-state index in [4.69, 9.17) is 0 Å². The zero-order valence-corrected chi connectivity index (χ0v) is 32.0. The van der Waals surface area contributed by atoms with Gasteiger partial charge in [-0.15, -0.1) is 0 Å². The first-order valence-electron chi connectivity index (χ1n) is 19.9. The average Bonchev–Trinajstić information content (AvgIpc) is 3.73. The number of para-hydroxylation sites is 4. The van der Waals surface area contributed by atoms with Gasteiger partial charge in [-0.2, -0.15) is 0 Å². The van der Waals surface area contributed by atoms with Crippen molar-refractivity contribution >= 4 is 49.6 Å². The molecule has 11 rings (SSSR count). The predicted octanol–water partition coefficient (Wildman–Crippen LogP) is 15.0. The largest absolute Gasteiger partial charge is 0.309 e. The molecule has 2 nitrogen and oxygen atoms in total. The maximum absolute atomic E-state index is 2.50. The number of rotatable bonds is 6. The van der Waals surface area contributed by atoms with Gasteiger partial charge in [0.2, 0.25) is 0 Å². The van der Waals surface area contributed by atoms with Gasteiger partial charge in [-0.25, -0.2) is 0 Å². The standard InChI is InChI=1S/C55H40N2/c1-55(2)48-30-10-5-27-47(48)54-46(29-17-31-49(54)55)45-26-9-14-35-53(45)56(50-32-11-6-23-42(50)41-28-15-19-37-18-3-4-22-40(37)41)38-20-16-21-39(36-38)57-51-33-12-7-24-43(51)44-25-8-13-34-52(44)57/h3-36H,1-2H3. The highest BCUT2D eigenvalue weighted by atomic mass is 15.2. The lowest BCUT2D eigenvalue weighted by molar-refractivity contribution is 0.660. The van der Waals surface area contributed by atoms with Crippen LogP contribution < -0.4 is 4.90 Å². The van der Waals surface area contributed by atoms with Crippen LogP contribution in [0.4, 0.5) is 17.1 Å². The van der Waals surface area contributed by atoms with Crippen LogP contribution >= 0.6 is 0 Å². The summed E-state index contributed by atoms with van der Waals surface area (Å²) in [5.74, 6) is 0. The van der Waals surface area contributed by atoms with Crippen molar-refractivity contribution in [3.8, 4) is 39.1 Å². The van der Waals surface area contributed by atoms with Crippen LogP contribution in [0.2, 0.25) is 0 Å². The molecule has 1 aliphatic carbocycles. The Morgan fingerprint density at radius 2 is 0.877 bits per heavy atom. The third-order valence-electron chi connectivity index (χ3n) is 12.2. The van der Waals surface area contributed by atoms with Gasteiger partial charge in [0.25, 0.3) is 0 Å². The lowest BCUT2D eigenvalue weighted by Gasteiger charge is -2.31. The summed E-state index contributed by atoms with van der Waals surface area (Å²) < 4.78 is 2.41. The Morgan fingerprint density at radius 3 is 1.61 bits per heavy atom. The van der Waals surface area contributed by atoms with Gasteiger partial charge in [0.15, 0.2) is 0 Å². The van der Waals surface area contributed by atoms with Gasteiger partial charge in [-0.05, 0) is 86.6 Å². The molecule has 0 N–H and O–H groups in total. The summed E-state index contributed by atoms with van der Waals surface area (Å²) in [6.07, 6.45) is 0. The van der Waals surface area contributed by atoms with E-state index >= 15 is 0 Å². The van der Waals surface area contributed by atoms with Crippen molar-refractivity contribution in [2.24, 2.45) is 0 Å². The van der Waals surface area contributed by atoms with E-state index in [1.807, 2.05) is 0 Å². The predicted molar refractivity (Wildman–Crippen MR) is 241 cm³/mol. The second-order valence-electron chi connectivity index (χ2n) is 15.7. The SMILES string of the molecule is CC1(C)c2ccccc2-c2c(-c3ccccc3N(c3cccc(-n4c5ccccc5c5ccccc54)c3)c3ccccc3-c3cccc4ccccc34)cccc21. The van der Waals surface area contributed by atoms with Crippen molar-refractivity contribution < 1.29 is 0 Å². The maximum Gasteiger partial charge on any atom is 0.0541 e. The van der Waals surface area contributed by atoms with Gasteiger partial charge < -0.3 is 9.47 Å². The normalized spacial score (nSPS) is 12.9. The Kier molecular flexibility index (Phi) is 7.55. The highest BCUT2D eigenvalue weighted by Gasteiger charge is 2.37. The van der Waals surface area contributed by atoms with Crippen LogP contribution in [-0.2, 0) is 5.41 Å². The zero-order valence-electron chi connectivity index (χ0n) is 32.0. The molecule has 0 spiro atoms. The molecule has 0 saturated heterocycles. The first-order chi connectivity index (χ1) is 28.1. The number of fused-ring (bicyclic) bond motifs is 7. The van der Waals surface area contributed by atoms with Crippen LogP contribution in [0.25, 0.3) is 71.6 Å². The van der Waals surface area contributed by atoms with Crippen molar-refractivity contribution in [3.63, 3.8) is 0 Å². The Labute approximate surface area is 333 Å². The molecule has 2 heteroatoms. The second-order valence-corrected chi connectivity index (χ2v) is 15.7. The number of aromatic nitrogens is 1. The lowest BCUT2D eigenvalue weighted by atomic mass is 9.82. The molecule has 9 aromatic carbocycles. The van der Waals surface area contributed by atoms with Gasteiger partial charge in [-0.1, -0.05) is 178 Å². The van der Waals surface area contributed by atoms with E-state index in [-0.39, 0.29) is 5.41 Å². The molecular weight excluding hydrogens is 689 g/mol. The van der Waals surface area contributed by atoms with E-state index in [9.17, 15) is 0 Å². The van der Waals surface area contributed by atoms with E-state index in [1.165, 1.54) is 77.1 Å². The topological polar surface area (TPSA) is 8.17 Å². The number of anilines is 3. The summed E-state index contributed by atoms with van der Waals surface area (Å²) in [7, 11) is 0. The summed E-state index contributed by atoms with van der Waals surface area (Å²) in [4.78, 5) is 2.50. The molecule has 1 aliphatic rings. The summed E-state index contributed by atoms with van der Waals surface area (Å²) in [6.45, 7) is 4.72. The molecule has 0 unspecified atom stereocenters. The molecule has 1 aromatic heterocycles. The fourth-order valence-electron chi connectivity index (χ4n) is 9.61. The van der Waals surface area contributed by atoms with Gasteiger partial charge >= 0.3 is 0 Å². The monoisotopic (exact) mass is 728 g/mol. The fourth-order valence-corrected chi connectivity index (χ4v) is 9.61. The Hall–Kier alpha value is -7.16. The minimum absolute atomic E-state index is 0.103. The summed E-state index contributed by atoms with van der Waals surface area (Å²) in [5.41, 5.74) is 16.9. The molecule has 0 atom stereocenters. The van der Waals surface area contributed by atoms with Gasteiger partial charge in [0, 0.05) is 38.7 Å². The van der Waals surface area contributed by atoms with E-state index in [2.05, 4.69) is 230 Å². The van der Waals surface area contributed by atoms with Gasteiger partial charge in [-0.3, -0.25) is 0 Å².